The Labute approximate surface area is 220 Å². The molecule has 0 aliphatic heterocycles. The fraction of sp³-hybridized carbons (Fsp3) is 0.440. The molecule has 0 saturated carbocycles. The van der Waals surface area contributed by atoms with Crippen molar-refractivity contribution in [2.24, 2.45) is 0 Å². The first kappa shape index (κ1) is 30.4. The van der Waals surface area contributed by atoms with E-state index in [1.54, 1.807) is 37.3 Å². The van der Waals surface area contributed by atoms with Gasteiger partial charge in [0.1, 0.15) is 12.6 Å². The van der Waals surface area contributed by atoms with Crippen LogP contribution in [0.4, 0.5) is 18.9 Å². The highest BCUT2D eigenvalue weighted by atomic mass is 35.5. The number of benzene rings is 2. The topological polar surface area (TPSA) is 86.8 Å². The van der Waals surface area contributed by atoms with Crippen LogP contribution in [0, 0.1) is 0 Å². The molecule has 2 rings (SSSR count). The van der Waals surface area contributed by atoms with Gasteiger partial charge >= 0.3 is 6.18 Å². The molecule has 0 heterocycles. The maximum Gasteiger partial charge on any atom is 0.417 e. The number of anilines is 1. The Bertz CT molecular complexity index is 1180. The molecule has 37 heavy (non-hydrogen) atoms. The molecule has 7 nitrogen and oxygen atoms in total. The highest BCUT2D eigenvalue weighted by molar-refractivity contribution is 7.92. The van der Waals surface area contributed by atoms with Gasteiger partial charge in [-0.2, -0.15) is 13.2 Å². The van der Waals surface area contributed by atoms with E-state index in [1.165, 1.54) is 4.90 Å². The van der Waals surface area contributed by atoms with Gasteiger partial charge in [-0.05, 0) is 36.6 Å². The van der Waals surface area contributed by atoms with Gasteiger partial charge in [0.15, 0.2) is 0 Å². The maximum atomic E-state index is 13.6. The molecular formula is C25H31ClF3N3O4S. The second-order valence-electron chi connectivity index (χ2n) is 8.51. The van der Waals surface area contributed by atoms with E-state index in [1.807, 2.05) is 6.92 Å². The minimum Gasteiger partial charge on any atom is -0.354 e. The number of sulfonamides is 1. The molecule has 0 aliphatic rings. The van der Waals surface area contributed by atoms with E-state index < -0.39 is 51.2 Å². The van der Waals surface area contributed by atoms with E-state index in [0.717, 1.165) is 31.2 Å². The lowest BCUT2D eigenvalue weighted by Crippen LogP contribution is -2.52. The molecule has 0 fully saturated rings. The highest BCUT2D eigenvalue weighted by Crippen LogP contribution is 2.37. The SMILES string of the molecule is CCCCNC(=O)[C@@H](CC)N(Cc1ccccc1)C(=O)CN(c1ccc(Cl)c(C(F)(F)F)c1)S(C)(=O)=O. The Morgan fingerprint density at radius 3 is 2.27 bits per heavy atom. The predicted molar refractivity (Wildman–Crippen MR) is 138 cm³/mol. The molecule has 0 radical (unpaired) electrons. The molecule has 2 aromatic rings. The van der Waals surface area contributed by atoms with Crippen molar-refractivity contribution in [1.29, 1.82) is 0 Å². The van der Waals surface area contributed by atoms with Crippen LogP contribution >= 0.6 is 11.6 Å². The number of carbonyl (C=O) groups is 2. The monoisotopic (exact) mass is 561 g/mol. The first-order valence-electron chi connectivity index (χ1n) is 11.7. The van der Waals surface area contributed by atoms with Crippen molar-refractivity contribution in [3.05, 3.63) is 64.7 Å². The van der Waals surface area contributed by atoms with Crippen LogP contribution in [0.1, 0.15) is 44.2 Å². The normalized spacial score (nSPS) is 12.6. The summed E-state index contributed by atoms with van der Waals surface area (Å²) in [6, 6.07) is 10.5. The van der Waals surface area contributed by atoms with Crippen LogP contribution in [0.15, 0.2) is 48.5 Å². The van der Waals surface area contributed by atoms with Gasteiger partial charge in [-0.1, -0.05) is 62.2 Å². The van der Waals surface area contributed by atoms with E-state index in [2.05, 4.69) is 5.32 Å². The summed E-state index contributed by atoms with van der Waals surface area (Å²) in [6.45, 7) is 3.31. The smallest absolute Gasteiger partial charge is 0.354 e. The first-order chi connectivity index (χ1) is 17.3. The van der Waals surface area contributed by atoms with Crippen molar-refractivity contribution in [1.82, 2.24) is 10.2 Å². The zero-order chi connectivity index (χ0) is 27.8. The lowest BCUT2D eigenvalue weighted by atomic mass is 10.1. The molecule has 12 heteroatoms. The molecule has 0 unspecified atom stereocenters. The van der Waals surface area contributed by atoms with Crippen LogP contribution in [-0.4, -0.2) is 50.5 Å². The van der Waals surface area contributed by atoms with Crippen molar-refractivity contribution >= 4 is 39.1 Å². The highest BCUT2D eigenvalue weighted by Gasteiger charge is 2.36. The van der Waals surface area contributed by atoms with Crippen LogP contribution in [-0.2, 0) is 32.3 Å². The Morgan fingerprint density at radius 1 is 1.08 bits per heavy atom. The van der Waals surface area contributed by atoms with E-state index in [4.69, 9.17) is 11.6 Å². The molecule has 0 spiro atoms. The van der Waals surface area contributed by atoms with Crippen molar-refractivity contribution in [3.63, 3.8) is 0 Å². The Kier molecular flexibility index (Phi) is 10.8. The number of carbonyl (C=O) groups excluding carboxylic acids is 2. The van der Waals surface area contributed by atoms with Crippen LogP contribution in [0.2, 0.25) is 5.02 Å². The van der Waals surface area contributed by atoms with Gasteiger partial charge in [-0.3, -0.25) is 13.9 Å². The van der Waals surface area contributed by atoms with Gasteiger partial charge in [0.05, 0.1) is 22.5 Å². The number of hydrogen-bond acceptors (Lipinski definition) is 4. The Balaban J connectivity index is 2.46. The summed E-state index contributed by atoms with van der Waals surface area (Å²) >= 11 is 5.69. The van der Waals surface area contributed by atoms with Gasteiger partial charge in [-0.25, -0.2) is 8.42 Å². The summed E-state index contributed by atoms with van der Waals surface area (Å²) < 4.78 is 66.0. The van der Waals surface area contributed by atoms with Crippen LogP contribution in [0.5, 0.6) is 0 Å². The molecule has 0 aliphatic carbocycles. The third-order valence-corrected chi connectivity index (χ3v) is 7.10. The van der Waals surface area contributed by atoms with E-state index in [0.29, 0.717) is 22.5 Å². The van der Waals surface area contributed by atoms with Crippen LogP contribution in [0.3, 0.4) is 0 Å². The molecular weight excluding hydrogens is 531 g/mol. The summed E-state index contributed by atoms with van der Waals surface area (Å²) in [5, 5.41) is 2.20. The van der Waals surface area contributed by atoms with Gasteiger partial charge in [0.25, 0.3) is 0 Å². The predicted octanol–water partition coefficient (Wildman–Crippen LogP) is 4.85. The summed E-state index contributed by atoms with van der Waals surface area (Å²) in [4.78, 5) is 27.8. The molecule has 1 atom stereocenters. The standard InChI is InChI=1S/C25H31ClF3N3O4S/c1-4-6-14-30-24(34)22(5-2)31(16-18-10-8-7-9-11-18)23(33)17-32(37(3,35)36)19-12-13-21(26)20(15-19)25(27,28)29/h7-13,15,22H,4-6,14,16-17H2,1-3H3,(H,30,34)/t22-/m1/s1. The number of rotatable bonds is 12. The van der Waals surface area contributed by atoms with Crippen molar-refractivity contribution in [2.45, 2.75) is 51.9 Å². The average Bonchev–Trinajstić information content (AvgIpc) is 2.82. The van der Waals surface area contributed by atoms with Gasteiger partial charge in [0.2, 0.25) is 21.8 Å². The third kappa shape index (κ3) is 8.63. The fourth-order valence-electron chi connectivity index (χ4n) is 3.71. The van der Waals surface area contributed by atoms with Crippen molar-refractivity contribution < 1.29 is 31.2 Å². The molecule has 0 saturated heterocycles. The zero-order valence-electron chi connectivity index (χ0n) is 20.9. The fourth-order valence-corrected chi connectivity index (χ4v) is 4.77. The minimum atomic E-state index is -4.83. The van der Waals surface area contributed by atoms with E-state index in [9.17, 15) is 31.2 Å². The third-order valence-electron chi connectivity index (χ3n) is 5.63. The van der Waals surface area contributed by atoms with Crippen LogP contribution < -0.4 is 9.62 Å². The number of unbranched alkanes of at least 4 members (excludes halogenated alkanes) is 1. The maximum absolute atomic E-state index is 13.6. The number of nitrogens with zero attached hydrogens (tertiary/aromatic N) is 2. The Morgan fingerprint density at radius 2 is 1.73 bits per heavy atom. The molecule has 0 bridgehead atoms. The average molecular weight is 562 g/mol. The summed E-state index contributed by atoms with van der Waals surface area (Å²) in [6.07, 6.45) is -2.20. The number of halogens is 4. The number of hydrogen-bond donors (Lipinski definition) is 1. The lowest BCUT2D eigenvalue weighted by molar-refractivity contribution is -0.140. The summed E-state index contributed by atoms with van der Waals surface area (Å²) in [7, 11) is -4.19. The lowest BCUT2D eigenvalue weighted by Gasteiger charge is -2.33. The van der Waals surface area contributed by atoms with Gasteiger partial charge in [-0.15, -0.1) is 0 Å². The molecule has 0 aromatic heterocycles. The molecule has 2 aromatic carbocycles. The largest absolute Gasteiger partial charge is 0.417 e. The second-order valence-corrected chi connectivity index (χ2v) is 10.8. The summed E-state index contributed by atoms with van der Waals surface area (Å²) in [5.74, 6) is -1.13. The Hall–Kier alpha value is -2.79. The quantitative estimate of drug-likeness (QED) is 0.375. The summed E-state index contributed by atoms with van der Waals surface area (Å²) in [5.41, 5.74) is -0.893. The molecule has 2 amide bonds. The minimum absolute atomic E-state index is 0.00536. The van der Waals surface area contributed by atoms with Crippen LogP contribution in [0.25, 0.3) is 0 Å². The van der Waals surface area contributed by atoms with E-state index in [-0.39, 0.29) is 18.7 Å². The number of nitrogens with one attached hydrogen (secondary N) is 1. The number of alkyl halides is 3. The second kappa shape index (κ2) is 13.1. The van der Waals surface area contributed by atoms with Gasteiger partial charge < -0.3 is 10.2 Å². The molecule has 204 valence electrons. The van der Waals surface area contributed by atoms with E-state index >= 15 is 0 Å². The molecule has 1 N–H and O–H groups in total. The van der Waals surface area contributed by atoms with Crippen molar-refractivity contribution in [3.8, 4) is 0 Å². The first-order valence-corrected chi connectivity index (χ1v) is 14.0. The zero-order valence-corrected chi connectivity index (χ0v) is 22.5. The van der Waals surface area contributed by atoms with Gasteiger partial charge in [0, 0.05) is 13.1 Å². The number of amides is 2. The van der Waals surface area contributed by atoms with Crippen molar-refractivity contribution in [2.75, 3.05) is 23.7 Å².